The van der Waals surface area contributed by atoms with Crippen molar-refractivity contribution in [2.75, 3.05) is 0 Å². The minimum atomic E-state index is -1.38. The molecule has 8 rings (SSSR count). The van der Waals surface area contributed by atoms with Gasteiger partial charge in [0.25, 0.3) is 0 Å². The molecule has 0 aliphatic carbocycles. The van der Waals surface area contributed by atoms with Crippen molar-refractivity contribution in [3.05, 3.63) is 258 Å². The van der Waals surface area contributed by atoms with E-state index in [-0.39, 0.29) is 22.4 Å². The van der Waals surface area contributed by atoms with Crippen LogP contribution in [0.2, 0.25) is 0 Å². The van der Waals surface area contributed by atoms with Crippen LogP contribution in [-0.4, -0.2) is 0 Å². The Morgan fingerprint density at radius 2 is 0.643 bits per heavy atom. The average Bonchev–Trinajstić information content (AvgIpc) is 3.25. The van der Waals surface area contributed by atoms with E-state index in [0.717, 1.165) is 6.42 Å². The molecule has 0 fully saturated rings. The Hall–Kier alpha value is -5.02. The first kappa shape index (κ1) is 39.2. The van der Waals surface area contributed by atoms with E-state index < -0.39 is 15.8 Å². The van der Waals surface area contributed by atoms with Crippen molar-refractivity contribution in [2.24, 2.45) is 0 Å². The van der Waals surface area contributed by atoms with Gasteiger partial charge in [-0.15, -0.1) is 18.1 Å². The van der Waals surface area contributed by atoms with E-state index in [1.807, 2.05) is 0 Å². The molecule has 0 nitrogen and oxygen atoms in total. The van der Waals surface area contributed by atoms with Crippen LogP contribution in [0.5, 0.6) is 0 Å². The van der Waals surface area contributed by atoms with Gasteiger partial charge in [-0.25, -0.2) is 0 Å². The van der Waals surface area contributed by atoms with E-state index >= 15 is 0 Å². The molecule has 3 heteroatoms. The SMILES string of the molecule is Cc1ccc(C(C[C-](c2ccccc2[PH+](c2ccccc2)c2ccccc2)c2ccccc2[PH+](c2ccccc2)c2ccccc2)c2ccc(C)cc2)cc1.[NiH]. The third-order valence-corrected chi connectivity index (χ3v) is 16.3. The van der Waals surface area contributed by atoms with Crippen LogP contribution in [0.4, 0.5) is 0 Å². The molecule has 0 spiro atoms. The van der Waals surface area contributed by atoms with Crippen molar-refractivity contribution in [1.82, 2.24) is 0 Å². The number of hydrogen-bond donors (Lipinski definition) is 0. The molecule has 0 N–H and O–H groups in total. The van der Waals surface area contributed by atoms with Crippen LogP contribution in [-0.2, 0) is 16.5 Å². The van der Waals surface area contributed by atoms with E-state index in [0.29, 0.717) is 0 Å². The van der Waals surface area contributed by atoms with Crippen molar-refractivity contribution in [3.8, 4) is 0 Å². The van der Waals surface area contributed by atoms with Crippen LogP contribution >= 0.6 is 15.8 Å². The van der Waals surface area contributed by atoms with Gasteiger partial charge in [0.1, 0.15) is 0 Å². The topological polar surface area (TPSA) is 0 Å². The summed E-state index contributed by atoms with van der Waals surface area (Å²) < 4.78 is 0. The molecule has 0 amide bonds. The summed E-state index contributed by atoms with van der Waals surface area (Å²) in [4.78, 5) is 0. The normalized spacial score (nSPS) is 11.1. The van der Waals surface area contributed by atoms with Crippen molar-refractivity contribution < 1.29 is 16.5 Å². The van der Waals surface area contributed by atoms with Gasteiger partial charge in [-0.3, -0.25) is 0 Å². The van der Waals surface area contributed by atoms with Crippen LogP contribution in [0.25, 0.3) is 0 Å². The molecule has 0 bridgehead atoms. The first-order valence-corrected chi connectivity index (χ1v) is 22.3. The summed E-state index contributed by atoms with van der Waals surface area (Å²) in [5.74, 6) is 1.56. The summed E-state index contributed by atoms with van der Waals surface area (Å²) in [6.45, 7) is 4.37. The Bertz CT molecular complexity index is 2160. The molecule has 0 aliphatic rings. The second-order valence-electron chi connectivity index (χ2n) is 14.4. The number of aryl methyl sites for hydroxylation is 2. The first-order valence-electron chi connectivity index (χ1n) is 19.3. The van der Waals surface area contributed by atoms with Crippen molar-refractivity contribution in [2.45, 2.75) is 26.2 Å². The summed E-state index contributed by atoms with van der Waals surface area (Å²) >= 11 is 0. The maximum absolute atomic E-state index is 2.42. The average molecular weight is 806 g/mol. The zero-order chi connectivity index (χ0) is 37.4. The van der Waals surface area contributed by atoms with Crippen LogP contribution in [0.15, 0.2) is 218 Å². The molecule has 0 saturated heterocycles. The van der Waals surface area contributed by atoms with Gasteiger partial charge in [-0.05, 0) is 79.9 Å². The molecule has 8 aromatic rings. The zero-order valence-corrected chi connectivity index (χ0v) is 34.9. The molecular weight excluding hydrogens is 757 g/mol. The van der Waals surface area contributed by atoms with Crippen molar-refractivity contribution in [3.63, 3.8) is 0 Å². The van der Waals surface area contributed by atoms with Gasteiger partial charge in [0.05, 0.1) is 37.1 Å². The summed E-state index contributed by atoms with van der Waals surface area (Å²) in [6.07, 6.45) is 0.859. The quantitative estimate of drug-likeness (QED) is 0.0656. The third-order valence-electron chi connectivity index (χ3n) is 10.7. The van der Waals surface area contributed by atoms with Gasteiger partial charge < -0.3 is 0 Å². The first-order chi connectivity index (χ1) is 27.1. The van der Waals surface area contributed by atoms with Gasteiger partial charge in [0.2, 0.25) is 0 Å². The van der Waals surface area contributed by atoms with Crippen molar-refractivity contribution >= 4 is 47.7 Å². The van der Waals surface area contributed by atoms with Crippen LogP contribution in [0.1, 0.15) is 45.7 Å². The fourth-order valence-corrected chi connectivity index (χ4v) is 13.4. The second kappa shape index (κ2) is 18.7. The fourth-order valence-electron chi connectivity index (χ4n) is 7.90. The molecule has 0 heterocycles. The Morgan fingerprint density at radius 3 is 0.964 bits per heavy atom. The van der Waals surface area contributed by atoms with E-state index in [9.17, 15) is 0 Å². The van der Waals surface area contributed by atoms with Gasteiger partial charge in [0, 0.05) is 16.5 Å². The minimum absolute atomic E-state index is 0. The molecule has 0 saturated carbocycles. The molecular formula is C53H48NiP2+. The number of rotatable bonds is 12. The van der Waals surface area contributed by atoms with Crippen LogP contribution < -0.4 is 31.8 Å². The van der Waals surface area contributed by atoms with Crippen molar-refractivity contribution in [1.29, 1.82) is 0 Å². The Balaban J connectivity index is 0.00000480. The molecule has 0 radical (unpaired) electrons. The Kier molecular flexibility index (Phi) is 13.1. The van der Waals surface area contributed by atoms with E-state index in [1.54, 1.807) is 0 Å². The molecule has 56 heavy (non-hydrogen) atoms. The predicted octanol–water partition coefficient (Wildman–Crippen LogP) is 10.2. The maximum atomic E-state index is 2.42. The molecule has 8 aromatic carbocycles. The number of hydrogen-bond acceptors (Lipinski definition) is 0. The third kappa shape index (κ3) is 8.83. The van der Waals surface area contributed by atoms with E-state index in [1.165, 1.54) is 71.1 Å². The molecule has 0 unspecified atom stereocenters. The Morgan fingerprint density at radius 1 is 0.357 bits per heavy atom. The summed E-state index contributed by atoms with van der Waals surface area (Å²) in [7, 11) is -2.76. The van der Waals surface area contributed by atoms with Gasteiger partial charge in [-0.1, -0.05) is 180 Å². The summed E-state index contributed by atoms with van der Waals surface area (Å²) in [5.41, 5.74) is 7.95. The van der Waals surface area contributed by atoms with Gasteiger partial charge in [0.15, 0.2) is 0 Å². The number of benzene rings is 8. The van der Waals surface area contributed by atoms with Crippen LogP contribution in [0, 0.1) is 19.8 Å². The van der Waals surface area contributed by atoms with E-state index in [4.69, 9.17) is 0 Å². The zero-order valence-electron chi connectivity index (χ0n) is 31.9. The fraction of sp³-hybridized carbons (Fsp3) is 0.0755. The monoisotopic (exact) mass is 804 g/mol. The van der Waals surface area contributed by atoms with Crippen LogP contribution in [0.3, 0.4) is 0 Å². The summed E-state index contributed by atoms with van der Waals surface area (Å²) in [6, 6.07) is 82.0. The van der Waals surface area contributed by atoms with E-state index in [2.05, 4.69) is 232 Å². The molecule has 0 atom stereocenters. The second-order valence-corrected chi connectivity index (χ2v) is 19.2. The molecule has 279 valence electrons. The molecule has 0 aliphatic heterocycles. The molecule has 0 aromatic heterocycles. The Labute approximate surface area is 346 Å². The predicted molar refractivity (Wildman–Crippen MR) is 245 cm³/mol. The van der Waals surface area contributed by atoms with Gasteiger partial charge >= 0.3 is 16.5 Å². The summed E-state index contributed by atoms with van der Waals surface area (Å²) in [5, 5.41) is 8.43. The van der Waals surface area contributed by atoms with Gasteiger partial charge in [-0.2, -0.15) is 0 Å². The standard InChI is InChI=1S/C53H45P2.Ni.H/c1-40-31-35-42(36-32-40)50(43-37-33-41(2)34-38-43)39-51(48-27-15-17-29-52(48)54(44-19-7-3-8-20-44)45-21-9-4-10-22-45)49-28-16-18-30-53(49)55(46-23-11-5-12-24-46)47-25-13-6-14-26-47;;/h3-38,50H,39H2,1-2H3;;/q-1;;/p+2.